The number of aromatic nitrogens is 1. The second kappa shape index (κ2) is 8.02. The van der Waals surface area contributed by atoms with Gasteiger partial charge in [-0.3, -0.25) is 9.78 Å². The zero-order valence-electron chi connectivity index (χ0n) is 14.7. The van der Waals surface area contributed by atoms with Gasteiger partial charge in [0, 0.05) is 23.5 Å². The summed E-state index contributed by atoms with van der Waals surface area (Å²) in [5.41, 5.74) is 5.66. The summed E-state index contributed by atoms with van der Waals surface area (Å²) in [6, 6.07) is 15.3. The highest BCUT2D eigenvalue weighted by Crippen LogP contribution is 2.22. The molecule has 1 amide bonds. The smallest absolute Gasteiger partial charge is 0.253 e. The van der Waals surface area contributed by atoms with Crippen molar-refractivity contribution in [2.45, 2.75) is 20.4 Å². The van der Waals surface area contributed by atoms with Gasteiger partial charge in [0.15, 0.2) is 0 Å². The number of pyridine rings is 1. The molecule has 4 nitrogen and oxygen atoms in total. The van der Waals surface area contributed by atoms with Gasteiger partial charge in [0.2, 0.25) is 0 Å². The van der Waals surface area contributed by atoms with E-state index in [9.17, 15) is 4.79 Å². The van der Waals surface area contributed by atoms with Crippen LogP contribution in [0, 0.1) is 13.8 Å². The Bertz CT molecular complexity index is 923. The number of hydrogen-bond acceptors (Lipinski definition) is 3. The van der Waals surface area contributed by atoms with E-state index in [0.29, 0.717) is 17.1 Å². The lowest BCUT2D eigenvalue weighted by molar-refractivity contribution is 0.0950. The zero-order valence-corrected chi connectivity index (χ0v) is 15.5. The maximum absolute atomic E-state index is 12.4. The molecule has 0 radical (unpaired) electrons. The lowest BCUT2D eigenvalue weighted by Crippen LogP contribution is -2.23. The zero-order chi connectivity index (χ0) is 18.5. The molecule has 2 N–H and O–H groups in total. The van der Waals surface area contributed by atoms with E-state index in [1.54, 1.807) is 30.6 Å². The number of anilines is 2. The van der Waals surface area contributed by atoms with Crippen LogP contribution < -0.4 is 10.6 Å². The molecule has 1 heterocycles. The monoisotopic (exact) mass is 365 g/mol. The van der Waals surface area contributed by atoms with E-state index in [2.05, 4.69) is 35.5 Å². The Morgan fingerprint density at radius 1 is 1.08 bits per heavy atom. The van der Waals surface area contributed by atoms with Crippen molar-refractivity contribution in [2.24, 2.45) is 0 Å². The normalized spacial score (nSPS) is 10.4. The lowest BCUT2D eigenvalue weighted by Gasteiger charge is -2.12. The van der Waals surface area contributed by atoms with Gasteiger partial charge in [-0.15, -0.1) is 0 Å². The van der Waals surface area contributed by atoms with E-state index in [1.807, 2.05) is 24.3 Å². The highest BCUT2D eigenvalue weighted by atomic mass is 35.5. The topological polar surface area (TPSA) is 54.0 Å². The molecular weight excluding hydrogens is 346 g/mol. The molecule has 1 aromatic heterocycles. The molecule has 3 rings (SSSR count). The molecule has 0 saturated carbocycles. The quantitative estimate of drug-likeness (QED) is 0.667. The molecule has 0 aliphatic carbocycles. The molecule has 0 saturated heterocycles. The minimum atomic E-state index is -0.169. The van der Waals surface area contributed by atoms with Crippen molar-refractivity contribution < 1.29 is 4.79 Å². The van der Waals surface area contributed by atoms with Gasteiger partial charge in [0.25, 0.3) is 5.91 Å². The number of rotatable bonds is 5. The van der Waals surface area contributed by atoms with Crippen molar-refractivity contribution in [2.75, 3.05) is 5.32 Å². The number of nitrogens with one attached hydrogen (secondary N) is 2. The minimum absolute atomic E-state index is 0.169. The van der Waals surface area contributed by atoms with Crippen LogP contribution in [-0.2, 0) is 6.54 Å². The maximum atomic E-state index is 12.4. The molecule has 132 valence electrons. The fourth-order valence-corrected chi connectivity index (χ4v) is 2.69. The van der Waals surface area contributed by atoms with Crippen LogP contribution in [0.25, 0.3) is 0 Å². The second-order valence-electron chi connectivity index (χ2n) is 6.14. The number of amides is 1. The van der Waals surface area contributed by atoms with E-state index in [1.165, 1.54) is 11.1 Å². The van der Waals surface area contributed by atoms with Gasteiger partial charge in [-0.1, -0.05) is 35.9 Å². The van der Waals surface area contributed by atoms with Gasteiger partial charge < -0.3 is 10.6 Å². The third-order valence-electron chi connectivity index (χ3n) is 4.25. The number of carbonyl (C=O) groups excluding carboxylic acids is 1. The van der Waals surface area contributed by atoms with Crippen molar-refractivity contribution >= 4 is 28.9 Å². The summed E-state index contributed by atoms with van der Waals surface area (Å²) in [6.45, 7) is 4.57. The van der Waals surface area contributed by atoms with Crippen molar-refractivity contribution in [3.05, 3.63) is 88.2 Å². The van der Waals surface area contributed by atoms with Gasteiger partial charge in [0.1, 0.15) is 0 Å². The van der Waals surface area contributed by atoms with Crippen LogP contribution in [0.15, 0.2) is 60.9 Å². The third kappa shape index (κ3) is 4.41. The highest BCUT2D eigenvalue weighted by Gasteiger charge is 2.08. The molecule has 0 aliphatic rings. The van der Waals surface area contributed by atoms with Crippen LogP contribution in [0.1, 0.15) is 27.0 Å². The Labute approximate surface area is 158 Å². The molecule has 0 aliphatic heterocycles. The van der Waals surface area contributed by atoms with Crippen LogP contribution in [0.2, 0.25) is 5.02 Å². The predicted molar refractivity (Wildman–Crippen MR) is 106 cm³/mol. The summed E-state index contributed by atoms with van der Waals surface area (Å²) >= 11 is 5.87. The van der Waals surface area contributed by atoms with Crippen molar-refractivity contribution in [1.82, 2.24) is 10.3 Å². The maximum Gasteiger partial charge on any atom is 0.253 e. The molecule has 0 unspecified atom stereocenters. The molecule has 0 atom stereocenters. The van der Waals surface area contributed by atoms with Crippen molar-refractivity contribution in [3.8, 4) is 0 Å². The number of benzene rings is 2. The van der Waals surface area contributed by atoms with Gasteiger partial charge in [-0.05, 0) is 54.8 Å². The second-order valence-corrected chi connectivity index (χ2v) is 6.58. The van der Waals surface area contributed by atoms with Gasteiger partial charge in [-0.25, -0.2) is 0 Å². The van der Waals surface area contributed by atoms with E-state index >= 15 is 0 Å². The standard InChI is InChI=1S/C21H20ClN3O/c1-14-4-3-5-20(15(14)2)25-19-10-17(12-23-13-19)21(26)24-11-16-6-8-18(22)9-7-16/h3-10,12-13,25H,11H2,1-2H3,(H,24,26). The Morgan fingerprint density at radius 3 is 2.62 bits per heavy atom. The Morgan fingerprint density at radius 2 is 1.85 bits per heavy atom. The first-order valence-corrected chi connectivity index (χ1v) is 8.71. The molecular formula is C21H20ClN3O. The Hall–Kier alpha value is -2.85. The van der Waals surface area contributed by atoms with Gasteiger partial charge in [-0.2, -0.15) is 0 Å². The van der Waals surface area contributed by atoms with Crippen molar-refractivity contribution in [3.63, 3.8) is 0 Å². The molecule has 2 aromatic carbocycles. The summed E-state index contributed by atoms with van der Waals surface area (Å²) < 4.78 is 0. The average molecular weight is 366 g/mol. The van der Waals surface area contributed by atoms with Crippen LogP contribution in [0.5, 0.6) is 0 Å². The SMILES string of the molecule is Cc1cccc(Nc2cncc(C(=O)NCc3ccc(Cl)cc3)c2)c1C. The van der Waals surface area contributed by atoms with E-state index in [-0.39, 0.29) is 5.91 Å². The van der Waals surface area contributed by atoms with E-state index < -0.39 is 0 Å². The first-order valence-electron chi connectivity index (χ1n) is 8.34. The third-order valence-corrected chi connectivity index (χ3v) is 4.50. The predicted octanol–water partition coefficient (Wildman–Crippen LogP) is 5.03. The van der Waals surface area contributed by atoms with Crippen LogP contribution in [0.3, 0.4) is 0 Å². The number of carbonyl (C=O) groups is 1. The van der Waals surface area contributed by atoms with Gasteiger partial charge >= 0.3 is 0 Å². The molecule has 0 fully saturated rings. The molecule has 0 bridgehead atoms. The molecule has 0 spiro atoms. The number of hydrogen-bond donors (Lipinski definition) is 2. The van der Waals surface area contributed by atoms with E-state index in [0.717, 1.165) is 16.9 Å². The lowest BCUT2D eigenvalue weighted by atomic mass is 10.1. The van der Waals surface area contributed by atoms with Crippen molar-refractivity contribution in [1.29, 1.82) is 0 Å². The first-order chi connectivity index (χ1) is 12.5. The van der Waals surface area contributed by atoms with Crippen LogP contribution >= 0.6 is 11.6 Å². The molecule has 5 heteroatoms. The Kier molecular flexibility index (Phi) is 5.54. The average Bonchev–Trinajstić information content (AvgIpc) is 2.65. The van der Waals surface area contributed by atoms with Crippen LogP contribution in [-0.4, -0.2) is 10.9 Å². The van der Waals surface area contributed by atoms with Crippen LogP contribution in [0.4, 0.5) is 11.4 Å². The minimum Gasteiger partial charge on any atom is -0.354 e. The summed E-state index contributed by atoms with van der Waals surface area (Å²) in [6.07, 6.45) is 3.27. The molecule has 3 aromatic rings. The highest BCUT2D eigenvalue weighted by molar-refractivity contribution is 6.30. The summed E-state index contributed by atoms with van der Waals surface area (Å²) in [5.74, 6) is -0.169. The largest absolute Gasteiger partial charge is 0.354 e. The number of halogens is 1. The summed E-state index contributed by atoms with van der Waals surface area (Å²) in [7, 11) is 0. The number of aryl methyl sites for hydroxylation is 1. The summed E-state index contributed by atoms with van der Waals surface area (Å²) in [4.78, 5) is 16.6. The van der Waals surface area contributed by atoms with E-state index in [4.69, 9.17) is 11.6 Å². The van der Waals surface area contributed by atoms with Gasteiger partial charge in [0.05, 0.1) is 17.4 Å². The summed E-state index contributed by atoms with van der Waals surface area (Å²) in [5, 5.41) is 6.90. The fourth-order valence-electron chi connectivity index (χ4n) is 2.56. The number of nitrogens with zero attached hydrogens (tertiary/aromatic N) is 1. The Balaban J connectivity index is 1.69. The molecule has 26 heavy (non-hydrogen) atoms. The fraction of sp³-hybridized carbons (Fsp3) is 0.143. The first kappa shape index (κ1) is 18.0.